The van der Waals surface area contributed by atoms with Crippen molar-refractivity contribution in [1.82, 2.24) is 20.2 Å². The third-order valence-corrected chi connectivity index (χ3v) is 6.92. The van der Waals surface area contributed by atoms with E-state index in [4.69, 9.17) is 0 Å². The van der Waals surface area contributed by atoms with Crippen molar-refractivity contribution < 1.29 is 4.79 Å². The standard InChI is InChI=1S/C25H30N4O/c1-2-29(25(30)24-27-21-11-6-7-12-22(21)28-24)23-14-8-13-20(18-15-19(18)23)26-16-17-9-4-3-5-10-17/h3-7,9-12,18-20,23,26H,2,8,13-16H2,1H3,(H,27,28)/t18?,19-,20-,23+/m1/s1. The minimum Gasteiger partial charge on any atom is -0.334 e. The van der Waals surface area contributed by atoms with Crippen molar-refractivity contribution in [1.29, 1.82) is 0 Å². The molecule has 5 rings (SSSR count). The van der Waals surface area contributed by atoms with Crippen molar-refractivity contribution in [2.45, 2.75) is 51.2 Å². The van der Waals surface area contributed by atoms with Crippen LogP contribution in [-0.2, 0) is 6.54 Å². The average Bonchev–Trinajstić information content (AvgIpc) is 3.47. The van der Waals surface area contributed by atoms with Crippen molar-refractivity contribution >= 4 is 16.9 Å². The maximum atomic E-state index is 13.3. The van der Waals surface area contributed by atoms with Gasteiger partial charge in [-0.3, -0.25) is 4.79 Å². The van der Waals surface area contributed by atoms with Gasteiger partial charge in [-0.15, -0.1) is 0 Å². The van der Waals surface area contributed by atoms with E-state index in [0.29, 0.717) is 29.7 Å². The van der Waals surface area contributed by atoms with Crippen LogP contribution in [0.5, 0.6) is 0 Å². The Morgan fingerprint density at radius 2 is 1.90 bits per heavy atom. The molecule has 2 aromatic carbocycles. The molecule has 1 unspecified atom stereocenters. The van der Waals surface area contributed by atoms with Crippen molar-refractivity contribution in [3.63, 3.8) is 0 Å². The minimum absolute atomic E-state index is 0.0417. The van der Waals surface area contributed by atoms with E-state index in [-0.39, 0.29) is 5.91 Å². The third kappa shape index (κ3) is 3.74. The van der Waals surface area contributed by atoms with E-state index < -0.39 is 0 Å². The number of rotatable bonds is 6. The van der Waals surface area contributed by atoms with E-state index in [1.807, 2.05) is 24.3 Å². The Balaban J connectivity index is 1.27. The summed E-state index contributed by atoms with van der Waals surface area (Å²) in [5.41, 5.74) is 3.12. The third-order valence-electron chi connectivity index (χ3n) is 6.92. The van der Waals surface area contributed by atoms with Crippen LogP contribution in [0.3, 0.4) is 0 Å². The molecular weight excluding hydrogens is 372 g/mol. The Hall–Kier alpha value is -2.66. The lowest BCUT2D eigenvalue weighted by atomic mass is 10.0. The highest BCUT2D eigenvalue weighted by Gasteiger charge is 2.51. The van der Waals surface area contributed by atoms with Gasteiger partial charge in [-0.1, -0.05) is 42.5 Å². The van der Waals surface area contributed by atoms with Crippen molar-refractivity contribution in [2.75, 3.05) is 6.54 Å². The molecule has 2 N–H and O–H groups in total. The summed E-state index contributed by atoms with van der Waals surface area (Å²) in [4.78, 5) is 23.2. The molecule has 4 atom stereocenters. The fourth-order valence-corrected chi connectivity index (χ4v) is 5.32. The predicted molar refractivity (Wildman–Crippen MR) is 119 cm³/mol. The number of carbonyl (C=O) groups excluding carboxylic acids is 1. The zero-order valence-corrected chi connectivity index (χ0v) is 17.6. The highest BCUT2D eigenvalue weighted by molar-refractivity contribution is 5.94. The number of fused-ring (bicyclic) bond motifs is 2. The summed E-state index contributed by atoms with van der Waals surface area (Å²) in [5.74, 6) is 1.80. The fraction of sp³-hybridized carbons (Fsp3) is 0.440. The molecule has 2 fully saturated rings. The van der Waals surface area contributed by atoms with Crippen LogP contribution in [0.1, 0.15) is 48.8 Å². The van der Waals surface area contributed by atoms with Crippen molar-refractivity contribution in [3.05, 3.63) is 66.0 Å². The normalized spacial score (nSPS) is 25.5. The molecule has 156 valence electrons. The molecule has 5 nitrogen and oxygen atoms in total. The second kappa shape index (κ2) is 8.23. The number of benzene rings is 2. The molecule has 3 aromatic rings. The van der Waals surface area contributed by atoms with Gasteiger partial charge in [0.05, 0.1) is 11.0 Å². The fourth-order valence-electron chi connectivity index (χ4n) is 5.32. The zero-order chi connectivity index (χ0) is 20.5. The van der Waals surface area contributed by atoms with E-state index in [9.17, 15) is 4.79 Å². The van der Waals surface area contributed by atoms with Gasteiger partial charge in [0.25, 0.3) is 5.91 Å². The summed E-state index contributed by atoms with van der Waals surface area (Å²) in [6.07, 6.45) is 4.67. The highest BCUT2D eigenvalue weighted by atomic mass is 16.2. The summed E-state index contributed by atoms with van der Waals surface area (Å²) >= 11 is 0. The monoisotopic (exact) mass is 402 g/mol. The SMILES string of the molecule is CCN(C(=O)c1nc2ccccc2[nH]1)[C@H]1CCC[C@@H](NCc2ccccc2)C2C[C@H]21. The number of carbonyl (C=O) groups is 1. The lowest BCUT2D eigenvalue weighted by molar-refractivity contribution is 0.0642. The number of aromatic nitrogens is 2. The minimum atomic E-state index is 0.0417. The number of amides is 1. The Kier molecular flexibility index (Phi) is 5.30. The molecule has 30 heavy (non-hydrogen) atoms. The molecule has 2 aliphatic carbocycles. The van der Waals surface area contributed by atoms with Gasteiger partial charge >= 0.3 is 0 Å². The summed E-state index contributed by atoms with van der Waals surface area (Å²) in [6.45, 7) is 3.74. The van der Waals surface area contributed by atoms with E-state index in [1.165, 1.54) is 18.4 Å². The second-order valence-electron chi connectivity index (χ2n) is 8.73. The average molecular weight is 403 g/mol. The molecule has 0 aliphatic heterocycles. The lowest BCUT2D eigenvalue weighted by Gasteiger charge is -2.30. The molecule has 5 heteroatoms. The Morgan fingerprint density at radius 3 is 2.70 bits per heavy atom. The molecule has 0 saturated heterocycles. The van der Waals surface area contributed by atoms with E-state index in [2.05, 4.69) is 57.4 Å². The number of hydrogen-bond donors (Lipinski definition) is 2. The molecule has 1 heterocycles. The smallest absolute Gasteiger partial charge is 0.289 e. The number of para-hydroxylation sites is 2. The number of H-pyrrole nitrogens is 1. The van der Waals surface area contributed by atoms with Crippen molar-refractivity contribution in [3.8, 4) is 0 Å². The van der Waals surface area contributed by atoms with Gasteiger partial charge in [0.15, 0.2) is 5.82 Å². The largest absolute Gasteiger partial charge is 0.334 e. The van der Waals surface area contributed by atoms with Crippen LogP contribution in [0.2, 0.25) is 0 Å². The maximum absolute atomic E-state index is 13.3. The van der Waals surface area contributed by atoms with Gasteiger partial charge in [-0.05, 0) is 62.1 Å². The molecule has 0 spiro atoms. The van der Waals surface area contributed by atoms with Gasteiger partial charge in [-0.2, -0.15) is 0 Å². The van der Waals surface area contributed by atoms with Gasteiger partial charge in [0, 0.05) is 25.2 Å². The van der Waals surface area contributed by atoms with Gasteiger partial charge in [0.2, 0.25) is 0 Å². The van der Waals surface area contributed by atoms with E-state index in [1.54, 1.807) is 0 Å². The molecule has 2 aliphatic rings. The predicted octanol–water partition coefficient (Wildman–Crippen LogP) is 4.37. The second-order valence-corrected chi connectivity index (χ2v) is 8.73. The maximum Gasteiger partial charge on any atom is 0.289 e. The molecule has 1 aromatic heterocycles. The van der Waals surface area contributed by atoms with Crippen LogP contribution < -0.4 is 5.32 Å². The number of nitrogens with one attached hydrogen (secondary N) is 2. The summed E-state index contributed by atoms with van der Waals surface area (Å²) in [6, 6.07) is 19.4. The zero-order valence-electron chi connectivity index (χ0n) is 17.6. The van der Waals surface area contributed by atoms with Gasteiger partial charge in [-0.25, -0.2) is 4.98 Å². The summed E-state index contributed by atoms with van der Waals surface area (Å²) in [7, 11) is 0. The number of nitrogens with zero attached hydrogens (tertiary/aromatic N) is 2. The Labute approximate surface area is 177 Å². The first-order valence-electron chi connectivity index (χ1n) is 11.3. The summed E-state index contributed by atoms with van der Waals surface area (Å²) < 4.78 is 0. The Morgan fingerprint density at radius 1 is 1.10 bits per heavy atom. The van der Waals surface area contributed by atoms with E-state index in [0.717, 1.165) is 37.0 Å². The summed E-state index contributed by atoms with van der Waals surface area (Å²) in [5, 5.41) is 3.80. The Bertz CT molecular complexity index is 981. The first-order valence-corrected chi connectivity index (χ1v) is 11.3. The first-order chi connectivity index (χ1) is 14.7. The topological polar surface area (TPSA) is 61.0 Å². The molecule has 0 radical (unpaired) electrons. The van der Waals surface area contributed by atoms with Crippen molar-refractivity contribution in [2.24, 2.45) is 11.8 Å². The molecule has 2 saturated carbocycles. The van der Waals surface area contributed by atoms with E-state index >= 15 is 0 Å². The number of hydrogen-bond acceptors (Lipinski definition) is 3. The van der Waals surface area contributed by atoms with Crippen LogP contribution in [0.15, 0.2) is 54.6 Å². The lowest BCUT2D eigenvalue weighted by Crippen LogP contribution is -2.42. The van der Waals surface area contributed by atoms with Gasteiger partial charge in [0.1, 0.15) is 0 Å². The number of aromatic amines is 1. The molecular formula is C25H30N4O. The highest BCUT2D eigenvalue weighted by Crippen LogP contribution is 2.50. The van der Waals surface area contributed by atoms with Crippen LogP contribution >= 0.6 is 0 Å². The quantitative estimate of drug-likeness (QED) is 0.644. The molecule has 1 amide bonds. The van der Waals surface area contributed by atoms with Crippen LogP contribution in [0.25, 0.3) is 11.0 Å². The first kappa shape index (κ1) is 19.3. The van der Waals surface area contributed by atoms with Gasteiger partial charge < -0.3 is 15.2 Å². The van der Waals surface area contributed by atoms with Crippen LogP contribution in [0.4, 0.5) is 0 Å². The number of imidazole rings is 1. The molecule has 0 bridgehead atoms. The van der Waals surface area contributed by atoms with Crippen LogP contribution in [-0.4, -0.2) is 39.4 Å². The van der Waals surface area contributed by atoms with Crippen LogP contribution in [0, 0.1) is 11.8 Å².